The fraction of sp³-hybridized carbons (Fsp3) is 0.583. The van der Waals surface area contributed by atoms with Crippen LogP contribution in [0, 0.1) is 5.92 Å². The molecule has 12 nitrogen and oxygen atoms in total. The standard InChI is InChI=1S/C24H39N5O7/c1-3-14(2)20(23(34)28-19(13-30)24(35)36)29-22(33)18(12-15-7-9-16(31)10-8-15)27-21(32)17(26)6-4-5-11-25/h7-10,14,17-20,30-31H,3-6,11-13,25-26H2,1-2H3,(H,27,32)(H,28,34)(H,29,33)(H,35,36). The molecule has 36 heavy (non-hydrogen) atoms. The summed E-state index contributed by atoms with van der Waals surface area (Å²) in [7, 11) is 0. The normalized spacial score (nSPS) is 15.1. The Kier molecular flexibility index (Phi) is 13.4. The number of rotatable bonds is 16. The average molecular weight is 510 g/mol. The highest BCUT2D eigenvalue weighted by atomic mass is 16.4. The van der Waals surface area contributed by atoms with E-state index in [9.17, 15) is 29.4 Å². The molecule has 1 aromatic carbocycles. The number of aliphatic carboxylic acids is 1. The second-order valence-corrected chi connectivity index (χ2v) is 8.78. The number of amides is 3. The second-order valence-electron chi connectivity index (χ2n) is 8.78. The fourth-order valence-electron chi connectivity index (χ4n) is 3.40. The van der Waals surface area contributed by atoms with Crippen LogP contribution in [-0.2, 0) is 25.6 Å². The number of aliphatic hydroxyl groups excluding tert-OH is 1. The molecule has 3 amide bonds. The number of aromatic hydroxyl groups is 1. The molecule has 0 bridgehead atoms. The molecule has 10 N–H and O–H groups in total. The van der Waals surface area contributed by atoms with Crippen molar-refractivity contribution in [1.82, 2.24) is 16.0 Å². The van der Waals surface area contributed by atoms with Gasteiger partial charge in [-0.25, -0.2) is 4.79 Å². The number of carbonyl (C=O) groups excluding carboxylic acids is 3. The van der Waals surface area contributed by atoms with Crippen molar-refractivity contribution in [3.8, 4) is 5.75 Å². The SMILES string of the molecule is CCC(C)C(NC(=O)C(Cc1ccc(O)cc1)NC(=O)C(N)CCCCN)C(=O)NC(CO)C(=O)O. The minimum Gasteiger partial charge on any atom is -0.508 e. The van der Waals surface area contributed by atoms with Crippen LogP contribution in [0.5, 0.6) is 5.75 Å². The van der Waals surface area contributed by atoms with Gasteiger partial charge >= 0.3 is 5.97 Å². The molecule has 1 rings (SSSR count). The van der Waals surface area contributed by atoms with E-state index in [0.717, 1.165) is 0 Å². The third-order valence-electron chi connectivity index (χ3n) is 5.91. The topological polar surface area (TPSA) is 217 Å². The van der Waals surface area contributed by atoms with Crippen LogP contribution in [-0.4, -0.2) is 76.3 Å². The molecule has 0 heterocycles. The maximum atomic E-state index is 13.3. The Labute approximate surface area is 210 Å². The Bertz CT molecular complexity index is 865. The molecule has 0 aliphatic heterocycles. The number of nitrogens with one attached hydrogen (secondary N) is 3. The predicted molar refractivity (Wildman–Crippen MR) is 133 cm³/mol. The maximum absolute atomic E-state index is 13.3. The van der Waals surface area contributed by atoms with Crippen LogP contribution < -0.4 is 27.4 Å². The summed E-state index contributed by atoms with van der Waals surface area (Å²) in [6, 6.07) is 1.48. The fourth-order valence-corrected chi connectivity index (χ4v) is 3.40. The van der Waals surface area contributed by atoms with Crippen LogP contribution >= 0.6 is 0 Å². The molecule has 202 valence electrons. The van der Waals surface area contributed by atoms with Gasteiger partial charge in [0.2, 0.25) is 17.7 Å². The lowest BCUT2D eigenvalue weighted by Crippen LogP contribution is -2.59. The summed E-state index contributed by atoms with van der Waals surface area (Å²) in [5.74, 6) is -3.74. The number of aliphatic hydroxyl groups is 1. The van der Waals surface area contributed by atoms with E-state index in [0.29, 0.717) is 37.8 Å². The first-order chi connectivity index (χ1) is 17.0. The van der Waals surface area contributed by atoms with Crippen molar-refractivity contribution in [2.75, 3.05) is 13.2 Å². The number of benzene rings is 1. The molecule has 1 aromatic rings. The van der Waals surface area contributed by atoms with Crippen molar-refractivity contribution in [3.05, 3.63) is 29.8 Å². The minimum atomic E-state index is -1.53. The molecule has 0 saturated carbocycles. The largest absolute Gasteiger partial charge is 0.508 e. The summed E-state index contributed by atoms with van der Waals surface area (Å²) in [4.78, 5) is 50.0. The molecule has 5 unspecified atom stereocenters. The molecule has 0 fully saturated rings. The summed E-state index contributed by atoms with van der Waals surface area (Å²) >= 11 is 0. The highest BCUT2D eigenvalue weighted by molar-refractivity contribution is 5.94. The third kappa shape index (κ3) is 10.2. The van der Waals surface area contributed by atoms with Gasteiger partial charge in [-0.05, 0) is 43.0 Å². The Morgan fingerprint density at radius 2 is 1.56 bits per heavy atom. The quantitative estimate of drug-likeness (QED) is 0.128. The number of unbranched alkanes of at least 4 members (excludes halogenated alkanes) is 1. The first-order valence-electron chi connectivity index (χ1n) is 12.0. The summed E-state index contributed by atoms with van der Waals surface area (Å²) in [5, 5.41) is 35.4. The number of phenols is 1. The molecule has 0 aromatic heterocycles. The molecular weight excluding hydrogens is 470 g/mol. The molecule has 0 aliphatic carbocycles. The van der Waals surface area contributed by atoms with Crippen LogP contribution in [0.4, 0.5) is 0 Å². The van der Waals surface area contributed by atoms with Gasteiger partial charge in [0.15, 0.2) is 0 Å². The van der Waals surface area contributed by atoms with Gasteiger partial charge in [0.05, 0.1) is 12.6 Å². The zero-order valence-electron chi connectivity index (χ0n) is 20.8. The van der Waals surface area contributed by atoms with Gasteiger partial charge in [-0.15, -0.1) is 0 Å². The molecule has 5 atom stereocenters. The molecule has 0 spiro atoms. The lowest BCUT2D eigenvalue weighted by Gasteiger charge is -2.28. The van der Waals surface area contributed by atoms with Gasteiger partial charge in [0, 0.05) is 6.42 Å². The number of carboxylic acids is 1. The Balaban J connectivity index is 3.10. The van der Waals surface area contributed by atoms with Crippen LogP contribution in [0.3, 0.4) is 0 Å². The van der Waals surface area contributed by atoms with Gasteiger partial charge < -0.3 is 42.7 Å². The van der Waals surface area contributed by atoms with Gasteiger partial charge in [-0.3, -0.25) is 14.4 Å². The van der Waals surface area contributed by atoms with Crippen molar-refractivity contribution in [2.45, 2.75) is 70.1 Å². The average Bonchev–Trinajstić information content (AvgIpc) is 2.85. The predicted octanol–water partition coefficient (Wildman–Crippen LogP) is -1.03. The second kappa shape index (κ2) is 15.7. The summed E-state index contributed by atoms with van der Waals surface area (Å²) in [6.45, 7) is 3.16. The molecule has 0 aliphatic rings. The number of hydrogen-bond donors (Lipinski definition) is 8. The first-order valence-corrected chi connectivity index (χ1v) is 12.0. The molecule has 0 saturated heterocycles. The lowest BCUT2D eigenvalue weighted by atomic mass is 9.96. The summed E-state index contributed by atoms with van der Waals surface area (Å²) < 4.78 is 0. The lowest BCUT2D eigenvalue weighted by molar-refractivity contribution is -0.143. The Hall–Kier alpha value is -3.22. The number of nitrogens with two attached hydrogens (primary N) is 2. The Morgan fingerprint density at radius 1 is 0.944 bits per heavy atom. The van der Waals surface area contributed by atoms with E-state index in [2.05, 4.69) is 16.0 Å². The number of carbonyl (C=O) groups is 4. The van der Waals surface area contributed by atoms with Crippen LogP contribution in [0.15, 0.2) is 24.3 Å². The van der Waals surface area contributed by atoms with Crippen molar-refractivity contribution in [2.24, 2.45) is 17.4 Å². The third-order valence-corrected chi connectivity index (χ3v) is 5.91. The monoisotopic (exact) mass is 509 g/mol. The van der Waals surface area contributed by atoms with Gasteiger partial charge in [-0.1, -0.05) is 38.8 Å². The van der Waals surface area contributed by atoms with Crippen LogP contribution in [0.2, 0.25) is 0 Å². The van der Waals surface area contributed by atoms with Gasteiger partial charge in [0.25, 0.3) is 0 Å². The van der Waals surface area contributed by atoms with E-state index in [1.54, 1.807) is 26.0 Å². The highest BCUT2D eigenvalue weighted by Crippen LogP contribution is 2.13. The molecule has 0 radical (unpaired) electrons. The van der Waals surface area contributed by atoms with E-state index in [1.165, 1.54) is 12.1 Å². The first kappa shape index (κ1) is 30.8. The number of carboxylic acid groups (broad SMARTS) is 1. The van der Waals surface area contributed by atoms with Crippen LogP contribution in [0.25, 0.3) is 0 Å². The maximum Gasteiger partial charge on any atom is 0.328 e. The zero-order valence-corrected chi connectivity index (χ0v) is 20.8. The minimum absolute atomic E-state index is 0.0380. The van der Waals surface area contributed by atoms with E-state index in [-0.39, 0.29) is 18.1 Å². The van der Waals surface area contributed by atoms with Crippen molar-refractivity contribution in [1.29, 1.82) is 0 Å². The van der Waals surface area contributed by atoms with E-state index in [4.69, 9.17) is 16.6 Å². The summed E-state index contributed by atoms with van der Waals surface area (Å²) in [6.07, 6.45) is 2.26. The van der Waals surface area contributed by atoms with Crippen molar-refractivity contribution in [3.63, 3.8) is 0 Å². The Morgan fingerprint density at radius 3 is 2.08 bits per heavy atom. The van der Waals surface area contributed by atoms with Crippen molar-refractivity contribution < 1.29 is 34.5 Å². The van der Waals surface area contributed by atoms with E-state index >= 15 is 0 Å². The molecular formula is C24H39N5O7. The van der Waals surface area contributed by atoms with Crippen LogP contribution in [0.1, 0.15) is 45.1 Å². The number of phenolic OH excluding ortho intramolecular Hbond substituents is 1. The van der Waals surface area contributed by atoms with E-state index < -0.39 is 54.5 Å². The van der Waals surface area contributed by atoms with Crippen molar-refractivity contribution >= 4 is 23.7 Å². The highest BCUT2D eigenvalue weighted by Gasteiger charge is 2.32. The van der Waals surface area contributed by atoms with Gasteiger partial charge in [0.1, 0.15) is 23.9 Å². The van der Waals surface area contributed by atoms with E-state index in [1.807, 2.05) is 0 Å². The number of hydrogen-bond acceptors (Lipinski definition) is 8. The molecule has 12 heteroatoms. The summed E-state index contributed by atoms with van der Waals surface area (Å²) in [5.41, 5.74) is 12.1. The zero-order chi connectivity index (χ0) is 27.3. The smallest absolute Gasteiger partial charge is 0.328 e. The van der Waals surface area contributed by atoms with Gasteiger partial charge in [-0.2, -0.15) is 0 Å².